The summed E-state index contributed by atoms with van der Waals surface area (Å²) in [6, 6.07) is -4.06. The van der Waals surface area contributed by atoms with E-state index in [1.54, 1.807) is 13.8 Å². The first kappa shape index (κ1) is 29.6. The molecular weight excluding hydrogens is 460 g/mol. The van der Waals surface area contributed by atoms with Gasteiger partial charge in [-0.05, 0) is 38.0 Å². The summed E-state index contributed by atoms with van der Waals surface area (Å²) in [6.45, 7) is 3.80. The molecule has 0 saturated carbocycles. The lowest BCUT2D eigenvalue weighted by molar-refractivity contribution is -0.144. The smallest absolute Gasteiger partial charge is 0.326 e. The number of nitrogens with zero attached hydrogens (tertiary/aromatic N) is 2. The Morgan fingerprint density at radius 2 is 1.74 bits per heavy atom. The van der Waals surface area contributed by atoms with E-state index in [0.717, 1.165) is 0 Å². The van der Waals surface area contributed by atoms with Gasteiger partial charge in [-0.3, -0.25) is 24.2 Å². The summed E-state index contributed by atoms with van der Waals surface area (Å²) >= 11 is 0. The Morgan fingerprint density at radius 3 is 2.29 bits per heavy atom. The summed E-state index contributed by atoms with van der Waals surface area (Å²) < 4.78 is 0. The van der Waals surface area contributed by atoms with Crippen molar-refractivity contribution in [2.24, 2.45) is 33.8 Å². The number of carboxylic acid groups (broad SMARTS) is 1. The Bertz CT molecular complexity index is 814. The lowest BCUT2D eigenvalue weighted by atomic mass is 10.0. The molecule has 1 fully saturated rings. The average Bonchev–Trinajstić information content (AvgIpc) is 3.26. The molecule has 1 saturated heterocycles. The fourth-order valence-electron chi connectivity index (χ4n) is 3.75. The molecule has 1 rings (SSSR count). The van der Waals surface area contributed by atoms with Crippen molar-refractivity contribution in [2.45, 2.75) is 76.5 Å². The van der Waals surface area contributed by atoms with Crippen LogP contribution in [0.5, 0.6) is 0 Å². The molecule has 0 bridgehead atoms. The topological polar surface area (TPSA) is 249 Å². The molecule has 1 aliphatic heterocycles. The predicted octanol–water partition coefficient (Wildman–Crippen LogP) is -2.67. The minimum atomic E-state index is -1.20. The molecule has 198 valence electrons. The maximum Gasteiger partial charge on any atom is 0.326 e. The molecule has 0 aliphatic carbocycles. The van der Waals surface area contributed by atoms with Gasteiger partial charge < -0.3 is 43.6 Å². The number of carbonyl (C=O) groups excluding carboxylic acids is 4. The minimum absolute atomic E-state index is 0.0562. The number of carboxylic acids is 1. The third-order valence-electron chi connectivity index (χ3n) is 5.67. The highest BCUT2D eigenvalue weighted by Crippen LogP contribution is 2.19. The number of hydrogen-bond donors (Lipinski definition) is 7. The number of rotatable bonds is 14. The van der Waals surface area contributed by atoms with E-state index in [4.69, 9.17) is 22.9 Å². The van der Waals surface area contributed by atoms with E-state index in [9.17, 15) is 29.1 Å². The quantitative estimate of drug-likeness (QED) is 0.0748. The van der Waals surface area contributed by atoms with Crippen molar-refractivity contribution in [3.05, 3.63) is 0 Å². The third-order valence-corrected chi connectivity index (χ3v) is 5.67. The van der Waals surface area contributed by atoms with Gasteiger partial charge in [-0.2, -0.15) is 0 Å². The summed E-state index contributed by atoms with van der Waals surface area (Å²) in [7, 11) is 0. The highest BCUT2D eigenvalue weighted by atomic mass is 16.4. The van der Waals surface area contributed by atoms with Crippen molar-refractivity contribution in [2.75, 3.05) is 13.1 Å². The van der Waals surface area contributed by atoms with E-state index >= 15 is 0 Å². The highest BCUT2D eigenvalue weighted by Gasteiger charge is 2.38. The van der Waals surface area contributed by atoms with Crippen LogP contribution in [0.4, 0.5) is 0 Å². The molecule has 0 aromatic rings. The molecule has 1 aliphatic rings. The zero-order chi connectivity index (χ0) is 26.7. The average molecular weight is 499 g/mol. The number of amides is 4. The van der Waals surface area contributed by atoms with E-state index in [2.05, 4.69) is 15.6 Å². The molecule has 4 amide bonds. The van der Waals surface area contributed by atoms with Crippen LogP contribution in [0.1, 0.15) is 52.4 Å². The summed E-state index contributed by atoms with van der Waals surface area (Å²) in [4.78, 5) is 66.4. The van der Waals surface area contributed by atoms with Crippen LogP contribution in [0, 0.1) is 5.92 Å². The number of nitrogens with two attached hydrogens (primary N) is 4. The van der Waals surface area contributed by atoms with E-state index in [-0.39, 0.29) is 37.7 Å². The van der Waals surface area contributed by atoms with E-state index in [0.29, 0.717) is 25.8 Å². The van der Waals surface area contributed by atoms with Crippen LogP contribution in [0.3, 0.4) is 0 Å². The largest absolute Gasteiger partial charge is 0.480 e. The Kier molecular flexibility index (Phi) is 11.9. The highest BCUT2D eigenvalue weighted by molar-refractivity contribution is 5.94. The number of guanidine groups is 1. The first-order valence-electron chi connectivity index (χ1n) is 11.6. The van der Waals surface area contributed by atoms with Crippen LogP contribution in [-0.4, -0.2) is 82.8 Å². The van der Waals surface area contributed by atoms with Crippen LogP contribution >= 0.6 is 0 Å². The number of aliphatic carboxylic acids is 1. The SMILES string of the molecule is CC(C)C(NC(=O)C(CCCN=C(N)N)NC(=O)C1CCCN1C(=O)C(N)CCC(N)=O)C(=O)O. The lowest BCUT2D eigenvalue weighted by Gasteiger charge is -2.29. The Morgan fingerprint density at radius 1 is 1.09 bits per heavy atom. The van der Waals surface area contributed by atoms with Crippen LogP contribution in [0.2, 0.25) is 0 Å². The van der Waals surface area contributed by atoms with Crippen molar-refractivity contribution in [3.63, 3.8) is 0 Å². The van der Waals surface area contributed by atoms with Gasteiger partial charge in [-0.25, -0.2) is 4.79 Å². The molecule has 14 heteroatoms. The van der Waals surface area contributed by atoms with Crippen molar-refractivity contribution < 1.29 is 29.1 Å². The van der Waals surface area contributed by atoms with Gasteiger partial charge in [0.25, 0.3) is 0 Å². The molecule has 35 heavy (non-hydrogen) atoms. The molecule has 0 radical (unpaired) electrons. The first-order chi connectivity index (χ1) is 16.3. The number of nitrogens with one attached hydrogen (secondary N) is 2. The second-order valence-corrected chi connectivity index (χ2v) is 8.88. The molecule has 1 heterocycles. The number of aliphatic imine (C=N–C) groups is 1. The third kappa shape index (κ3) is 9.76. The first-order valence-corrected chi connectivity index (χ1v) is 11.6. The number of likely N-dealkylation sites (tertiary alicyclic amines) is 1. The monoisotopic (exact) mass is 498 g/mol. The normalized spacial score (nSPS) is 17.8. The maximum absolute atomic E-state index is 13.1. The Balaban J connectivity index is 2.94. The second-order valence-electron chi connectivity index (χ2n) is 8.88. The maximum atomic E-state index is 13.1. The van der Waals surface area contributed by atoms with Crippen molar-refractivity contribution in [1.82, 2.24) is 15.5 Å². The minimum Gasteiger partial charge on any atom is -0.480 e. The zero-order valence-electron chi connectivity index (χ0n) is 20.2. The molecule has 11 N–H and O–H groups in total. The summed E-state index contributed by atoms with van der Waals surface area (Å²) in [5, 5.41) is 14.5. The van der Waals surface area contributed by atoms with Crippen molar-refractivity contribution in [1.29, 1.82) is 0 Å². The number of primary amides is 1. The van der Waals surface area contributed by atoms with Gasteiger partial charge in [-0.1, -0.05) is 13.8 Å². The number of carbonyl (C=O) groups is 5. The van der Waals surface area contributed by atoms with Gasteiger partial charge in [0.15, 0.2) is 5.96 Å². The van der Waals surface area contributed by atoms with Gasteiger partial charge in [0, 0.05) is 19.5 Å². The molecule has 14 nitrogen and oxygen atoms in total. The van der Waals surface area contributed by atoms with Gasteiger partial charge in [0.1, 0.15) is 18.1 Å². The van der Waals surface area contributed by atoms with Gasteiger partial charge in [0.05, 0.1) is 6.04 Å². The Labute approximate surface area is 204 Å². The van der Waals surface area contributed by atoms with Crippen LogP contribution < -0.4 is 33.6 Å². The molecular formula is C21H38N8O6. The number of hydrogen-bond acceptors (Lipinski definition) is 7. The molecule has 4 unspecified atom stereocenters. The van der Waals surface area contributed by atoms with E-state index in [1.807, 2.05) is 0 Å². The second kappa shape index (κ2) is 14.1. The lowest BCUT2D eigenvalue weighted by Crippen LogP contribution is -2.57. The van der Waals surface area contributed by atoms with Gasteiger partial charge >= 0.3 is 5.97 Å². The summed E-state index contributed by atoms with van der Waals surface area (Å²) in [5.74, 6) is -4.00. The van der Waals surface area contributed by atoms with Crippen LogP contribution in [0.25, 0.3) is 0 Å². The Hall–Kier alpha value is -3.42. The standard InChI is InChI=1S/C21H38N8O6/c1-11(2)16(20(34)35)28-17(31)13(5-3-9-26-21(24)25)27-18(32)14-6-4-10-29(14)19(33)12(22)7-8-15(23)30/h11-14,16H,3-10,22H2,1-2H3,(H2,23,30)(H,27,32)(H,28,31)(H,34,35)(H4,24,25,26). The summed E-state index contributed by atoms with van der Waals surface area (Å²) in [5.41, 5.74) is 21.6. The van der Waals surface area contributed by atoms with E-state index in [1.165, 1.54) is 4.90 Å². The van der Waals surface area contributed by atoms with Crippen LogP contribution in [0.15, 0.2) is 4.99 Å². The molecule has 0 aromatic carbocycles. The van der Waals surface area contributed by atoms with E-state index < -0.39 is 53.8 Å². The van der Waals surface area contributed by atoms with Crippen molar-refractivity contribution in [3.8, 4) is 0 Å². The van der Waals surface area contributed by atoms with Gasteiger partial charge in [-0.15, -0.1) is 0 Å². The molecule has 0 aromatic heterocycles. The molecule has 0 spiro atoms. The zero-order valence-corrected chi connectivity index (χ0v) is 20.2. The van der Waals surface area contributed by atoms with Crippen LogP contribution in [-0.2, 0) is 24.0 Å². The predicted molar refractivity (Wildman–Crippen MR) is 127 cm³/mol. The fourth-order valence-corrected chi connectivity index (χ4v) is 3.75. The summed E-state index contributed by atoms with van der Waals surface area (Å²) in [6.07, 6.45) is 1.39. The molecule has 4 atom stereocenters. The van der Waals surface area contributed by atoms with Crippen molar-refractivity contribution >= 4 is 35.6 Å². The van der Waals surface area contributed by atoms with Gasteiger partial charge in [0.2, 0.25) is 23.6 Å². The fraction of sp³-hybridized carbons (Fsp3) is 0.714.